The topological polar surface area (TPSA) is 40.6 Å². The van der Waals surface area contributed by atoms with Crippen molar-refractivity contribution >= 4 is 34.7 Å². The van der Waals surface area contributed by atoms with Gasteiger partial charge in [0, 0.05) is 19.8 Å². The monoisotopic (exact) mass is 352 g/mol. The predicted octanol–water partition coefficient (Wildman–Crippen LogP) is 4.30. The minimum Gasteiger partial charge on any atom is -0.378 e. The summed E-state index contributed by atoms with van der Waals surface area (Å²) >= 11 is 0.998. The molecule has 0 atom stereocenters. The van der Waals surface area contributed by atoms with E-state index in [0.717, 1.165) is 34.1 Å². The van der Waals surface area contributed by atoms with Crippen molar-refractivity contribution in [3.05, 3.63) is 70.1 Å². The van der Waals surface area contributed by atoms with Crippen LogP contribution in [0, 0.1) is 6.92 Å². The molecule has 1 fully saturated rings. The first kappa shape index (κ1) is 17.3. The molecule has 5 heteroatoms. The first-order valence-electron chi connectivity index (χ1n) is 8.02. The Labute approximate surface area is 152 Å². The van der Waals surface area contributed by atoms with E-state index in [1.165, 1.54) is 4.90 Å². The zero-order chi connectivity index (χ0) is 18.0. The van der Waals surface area contributed by atoms with Gasteiger partial charge < -0.3 is 4.90 Å². The van der Waals surface area contributed by atoms with Gasteiger partial charge in [0.05, 0.1) is 11.4 Å². The molecule has 1 saturated heterocycles. The van der Waals surface area contributed by atoms with Gasteiger partial charge in [-0.1, -0.05) is 42.0 Å². The van der Waals surface area contributed by atoms with E-state index in [1.807, 2.05) is 74.4 Å². The number of anilines is 1. The van der Waals surface area contributed by atoms with Crippen LogP contribution in [0.2, 0.25) is 0 Å². The standard InChI is InChI=1S/C20H20N2O2S/c1-14-4-6-16(7-5-14)13-22-19(23)18(25-20(22)24)12-15-8-10-17(11-9-15)21(2)3/h4-12H,13H2,1-3H3/b18-12-. The van der Waals surface area contributed by atoms with E-state index < -0.39 is 0 Å². The van der Waals surface area contributed by atoms with Crippen molar-refractivity contribution in [3.63, 3.8) is 0 Å². The fourth-order valence-corrected chi connectivity index (χ4v) is 3.37. The maximum atomic E-state index is 12.6. The van der Waals surface area contributed by atoms with Gasteiger partial charge in [-0.15, -0.1) is 0 Å². The van der Waals surface area contributed by atoms with Crippen LogP contribution in [0.1, 0.15) is 16.7 Å². The molecule has 1 heterocycles. The van der Waals surface area contributed by atoms with Crippen LogP contribution in [-0.2, 0) is 11.3 Å². The molecule has 0 aromatic heterocycles. The van der Waals surface area contributed by atoms with Gasteiger partial charge >= 0.3 is 0 Å². The van der Waals surface area contributed by atoms with Crippen LogP contribution in [0.25, 0.3) is 6.08 Å². The van der Waals surface area contributed by atoms with E-state index in [-0.39, 0.29) is 11.1 Å². The smallest absolute Gasteiger partial charge is 0.293 e. The van der Waals surface area contributed by atoms with Crippen LogP contribution >= 0.6 is 11.8 Å². The normalized spacial score (nSPS) is 16.0. The SMILES string of the molecule is Cc1ccc(CN2C(=O)S/C(=C\c3ccc(N(C)C)cc3)C2=O)cc1. The van der Waals surface area contributed by atoms with Gasteiger partial charge in [0.1, 0.15) is 0 Å². The second kappa shape index (κ2) is 7.15. The van der Waals surface area contributed by atoms with Crippen LogP contribution in [0.5, 0.6) is 0 Å². The van der Waals surface area contributed by atoms with E-state index in [4.69, 9.17) is 0 Å². The molecule has 128 valence electrons. The lowest BCUT2D eigenvalue weighted by Crippen LogP contribution is -2.27. The largest absolute Gasteiger partial charge is 0.378 e. The lowest BCUT2D eigenvalue weighted by atomic mass is 10.1. The summed E-state index contributed by atoms with van der Waals surface area (Å²) in [4.78, 5) is 28.6. The molecular weight excluding hydrogens is 332 g/mol. The first-order chi connectivity index (χ1) is 11.9. The fourth-order valence-electron chi connectivity index (χ4n) is 2.53. The van der Waals surface area contributed by atoms with Gasteiger partial charge in [0.15, 0.2) is 0 Å². The van der Waals surface area contributed by atoms with Crippen LogP contribution in [-0.4, -0.2) is 30.1 Å². The minimum absolute atomic E-state index is 0.221. The molecule has 0 bridgehead atoms. The number of rotatable bonds is 4. The van der Waals surface area contributed by atoms with E-state index in [1.54, 1.807) is 6.08 Å². The second-order valence-electron chi connectivity index (χ2n) is 6.24. The second-order valence-corrected chi connectivity index (χ2v) is 7.23. The maximum absolute atomic E-state index is 12.6. The molecule has 2 aromatic rings. The molecule has 0 spiro atoms. The predicted molar refractivity (Wildman–Crippen MR) is 103 cm³/mol. The van der Waals surface area contributed by atoms with E-state index in [9.17, 15) is 9.59 Å². The average molecular weight is 352 g/mol. The summed E-state index contributed by atoms with van der Waals surface area (Å²) in [7, 11) is 3.96. The van der Waals surface area contributed by atoms with Crippen molar-refractivity contribution in [1.82, 2.24) is 4.90 Å². The Kier molecular flexibility index (Phi) is 4.95. The van der Waals surface area contributed by atoms with Crippen molar-refractivity contribution in [2.75, 3.05) is 19.0 Å². The number of carbonyl (C=O) groups excluding carboxylic acids is 2. The van der Waals surface area contributed by atoms with Crippen molar-refractivity contribution in [2.45, 2.75) is 13.5 Å². The summed E-state index contributed by atoms with van der Waals surface area (Å²) < 4.78 is 0. The van der Waals surface area contributed by atoms with E-state index in [2.05, 4.69) is 0 Å². The van der Waals surface area contributed by atoms with Crippen molar-refractivity contribution < 1.29 is 9.59 Å². The lowest BCUT2D eigenvalue weighted by molar-refractivity contribution is -0.123. The molecule has 4 nitrogen and oxygen atoms in total. The highest BCUT2D eigenvalue weighted by Crippen LogP contribution is 2.33. The van der Waals surface area contributed by atoms with E-state index >= 15 is 0 Å². The molecule has 2 amide bonds. The summed E-state index contributed by atoms with van der Waals surface area (Å²) in [5.41, 5.74) is 4.10. The van der Waals surface area contributed by atoms with Gasteiger partial charge in [0.25, 0.3) is 11.1 Å². The summed E-state index contributed by atoms with van der Waals surface area (Å²) in [6, 6.07) is 15.7. The Bertz CT molecular complexity index is 824. The molecule has 1 aliphatic heterocycles. The highest BCUT2D eigenvalue weighted by molar-refractivity contribution is 8.18. The highest BCUT2D eigenvalue weighted by Gasteiger charge is 2.34. The maximum Gasteiger partial charge on any atom is 0.293 e. The Morgan fingerprint density at radius 1 is 1.00 bits per heavy atom. The number of hydrogen-bond donors (Lipinski definition) is 0. The number of carbonyl (C=O) groups is 2. The Morgan fingerprint density at radius 3 is 2.24 bits per heavy atom. The summed E-state index contributed by atoms with van der Waals surface area (Å²) in [6.45, 7) is 2.32. The van der Waals surface area contributed by atoms with E-state index in [0.29, 0.717) is 11.4 Å². The molecule has 1 aliphatic rings. The van der Waals surface area contributed by atoms with Crippen LogP contribution in [0.15, 0.2) is 53.4 Å². The fraction of sp³-hybridized carbons (Fsp3) is 0.200. The molecular formula is C20H20N2O2S. The Morgan fingerprint density at radius 2 is 1.64 bits per heavy atom. The van der Waals surface area contributed by atoms with Gasteiger partial charge in [-0.05, 0) is 48.0 Å². The van der Waals surface area contributed by atoms with Crippen LogP contribution < -0.4 is 4.90 Å². The molecule has 25 heavy (non-hydrogen) atoms. The number of thioether (sulfide) groups is 1. The third kappa shape index (κ3) is 3.94. The number of hydrogen-bond acceptors (Lipinski definition) is 4. The van der Waals surface area contributed by atoms with Crippen LogP contribution in [0.3, 0.4) is 0 Å². The van der Waals surface area contributed by atoms with Crippen molar-refractivity contribution in [2.24, 2.45) is 0 Å². The molecule has 0 aliphatic carbocycles. The summed E-state index contributed by atoms with van der Waals surface area (Å²) in [5.74, 6) is -0.229. The quantitative estimate of drug-likeness (QED) is 0.770. The number of imide groups is 1. The Balaban J connectivity index is 1.77. The third-order valence-corrected chi connectivity index (χ3v) is 4.95. The molecule has 0 radical (unpaired) electrons. The zero-order valence-electron chi connectivity index (χ0n) is 14.5. The molecule has 0 saturated carbocycles. The Hall–Kier alpha value is -2.53. The number of nitrogens with zero attached hydrogens (tertiary/aromatic N) is 2. The molecule has 3 rings (SSSR count). The average Bonchev–Trinajstić information content (AvgIpc) is 2.85. The highest BCUT2D eigenvalue weighted by atomic mass is 32.2. The van der Waals surface area contributed by atoms with Crippen LogP contribution in [0.4, 0.5) is 10.5 Å². The summed E-state index contributed by atoms with van der Waals surface area (Å²) in [6.07, 6.45) is 1.78. The van der Waals surface area contributed by atoms with Gasteiger partial charge in [-0.2, -0.15) is 0 Å². The number of aryl methyl sites for hydroxylation is 1. The van der Waals surface area contributed by atoms with Gasteiger partial charge in [-0.25, -0.2) is 0 Å². The zero-order valence-corrected chi connectivity index (χ0v) is 15.3. The van der Waals surface area contributed by atoms with Gasteiger partial charge in [-0.3, -0.25) is 14.5 Å². The summed E-state index contributed by atoms with van der Waals surface area (Å²) in [5, 5.41) is -0.221. The number of amides is 2. The van der Waals surface area contributed by atoms with Crippen molar-refractivity contribution in [1.29, 1.82) is 0 Å². The third-order valence-electron chi connectivity index (χ3n) is 4.04. The van der Waals surface area contributed by atoms with Crippen molar-refractivity contribution in [3.8, 4) is 0 Å². The molecule has 0 unspecified atom stereocenters. The molecule has 0 N–H and O–H groups in total. The van der Waals surface area contributed by atoms with Gasteiger partial charge in [0.2, 0.25) is 0 Å². The first-order valence-corrected chi connectivity index (χ1v) is 8.84. The minimum atomic E-state index is -0.229. The molecule has 2 aromatic carbocycles. The lowest BCUT2D eigenvalue weighted by Gasteiger charge is -2.12. The number of benzene rings is 2.